The number of aryl methyl sites for hydroxylation is 1. The normalized spacial score (nSPS) is 11.4. The number of rotatable bonds is 5. The van der Waals surface area contributed by atoms with Crippen molar-refractivity contribution in [1.82, 2.24) is 8.96 Å². The summed E-state index contributed by atoms with van der Waals surface area (Å²) < 4.78 is 32.0. The second-order valence-corrected chi connectivity index (χ2v) is 6.89. The summed E-state index contributed by atoms with van der Waals surface area (Å²) in [6.45, 7) is 3.35. The summed E-state index contributed by atoms with van der Waals surface area (Å²) in [6.07, 6.45) is 0.908. The Bertz CT molecular complexity index is 831. The Hall–Kier alpha value is -1.94. The molecule has 0 atom stereocenters. The zero-order chi connectivity index (χ0) is 16.5. The van der Waals surface area contributed by atoms with Crippen molar-refractivity contribution in [3.05, 3.63) is 44.8 Å². The Morgan fingerprint density at radius 1 is 1.45 bits per heavy atom. The van der Waals surface area contributed by atoms with Gasteiger partial charge >= 0.3 is 15.8 Å². The van der Waals surface area contributed by atoms with Gasteiger partial charge in [0, 0.05) is 11.4 Å². The average Bonchev–Trinajstić information content (AvgIpc) is 2.83. The van der Waals surface area contributed by atoms with Gasteiger partial charge in [-0.2, -0.15) is 8.42 Å². The second-order valence-electron chi connectivity index (χ2n) is 4.21. The van der Waals surface area contributed by atoms with Gasteiger partial charge in [0.15, 0.2) is 4.90 Å². The first-order chi connectivity index (χ1) is 10.3. The molecule has 0 spiro atoms. The molecule has 2 aromatic rings. The molecule has 0 N–H and O–H groups in total. The van der Waals surface area contributed by atoms with E-state index >= 15 is 0 Å². The number of aromatic nitrogens is 2. The highest BCUT2D eigenvalue weighted by Crippen LogP contribution is 2.31. The molecule has 118 valence electrons. The fraction of sp³-hybridized carbons (Fsp3) is 0.250. The van der Waals surface area contributed by atoms with Crippen molar-refractivity contribution in [3.8, 4) is 5.75 Å². The minimum atomic E-state index is -4.22. The summed E-state index contributed by atoms with van der Waals surface area (Å²) in [5.41, 5.74) is 0. The fourth-order valence-corrected chi connectivity index (χ4v) is 4.02. The SMILES string of the molecule is CCOc1ccc(Br)cc1S(=O)(=O)n1c([N+](=O)[O-])cnc1C. The highest BCUT2D eigenvalue weighted by molar-refractivity contribution is 9.10. The highest BCUT2D eigenvalue weighted by atomic mass is 79.9. The van der Waals surface area contributed by atoms with Crippen molar-refractivity contribution in [3.63, 3.8) is 0 Å². The summed E-state index contributed by atoms with van der Waals surface area (Å²) in [5, 5.41) is 11.0. The molecule has 10 heteroatoms. The van der Waals surface area contributed by atoms with Gasteiger partial charge in [-0.05, 0) is 30.0 Å². The van der Waals surface area contributed by atoms with Crippen molar-refractivity contribution < 1.29 is 18.1 Å². The number of imidazole rings is 1. The van der Waals surface area contributed by atoms with Crippen LogP contribution >= 0.6 is 15.9 Å². The number of nitro groups is 1. The van der Waals surface area contributed by atoms with E-state index < -0.39 is 20.8 Å². The maximum Gasteiger partial charge on any atom is 0.358 e. The minimum absolute atomic E-state index is 0.00544. The van der Waals surface area contributed by atoms with Crippen LogP contribution in [-0.2, 0) is 10.0 Å². The number of benzene rings is 1. The Morgan fingerprint density at radius 3 is 2.73 bits per heavy atom. The van der Waals surface area contributed by atoms with Gasteiger partial charge < -0.3 is 14.9 Å². The highest BCUT2D eigenvalue weighted by Gasteiger charge is 2.34. The Kier molecular flexibility index (Phi) is 4.52. The summed E-state index contributed by atoms with van der Waals surface area (Å²) >= 11 is 3.19. The number of hydrogen-bond acceptors (Lipinski definition) is 6. The monoisotopic (exact) mass is 389 g/mol. The van der Waals surface area contributed by atoms with E-state index in [2.05, 4.69) is 20.9 Å². The maximum atomic E-state index is 12.8. The molecule has 0 saturated heterocycles. The van der Waals surface area contributed by atoms with E-state index in [0.717, 1.165) is 6.20 Å². The van der Waals surface area contributed by atoms with Crippen LogP contribution in [0, 0.1) is 17.0 Å². The molecule has 0 aliphatic heterocycles. The van der Waals surface area contributed by atoms with Crippen LogP contribution in [0.4, 0.5) is 5.82 Å². The van der Waals surface area contributed by atoms with Gasteiger partial charge in [-0.25, -0.2) is 4.98 Å². The number of halogens is 1. The molecule has 1 aromatic carbocycles. The molecule has 0 fully saturated rings. The molecule has 0 saturated carbocycles. The molecule has 22 heavy (non-hydrogen) atoms. The molecule has 8 nitrogen and oxygen atoms in total. The third-order valence-corrected chi connectivity index (χ3v) is 5.08. The van der Waals surface area contributed by atoms with Crippen LogP contribution in [0.25, 0.3) is 0 Å². The lowest BCUT2D eigenvalue weighted by Crippen LogP contribution is -2.18. The van der Waals surface area contributed by atoms with E-state index in [0.29, 0.717) is 8.45 Å². The third-order valence-electron chi connectivity index (χ3n) is 2.78. The summed E-state index contributed by atoms with van der Waals surface area (Å²) in [6, 6.07) is 4.45. The standard InChI is InChI=1S/C12H12BrN3O5S/c1-3-21-10-5-4-9(13)6-11(10)22(19,20)15-8(2)14-7-12(15)16(17)18/h4-7H,3H2,1-2H3. The zero-order valence-electron chi connectivity index (χ0n) is 11.7. The first-order valence-corrected chi connectivity index (χ1v) is 8.39. The van der Waals surface area contributed by atoms with Crippen LogP contribution in [0.15, 0.2) is 33.8 Å². The average molecular weight is 390 g/mol. The van der Waals surface area contributed by atoms with Gasteiger partial charge in [-0.1, -0.05) is 19.9 Å². The first-order valence-electron chi connectivity index (χ1n) is 6.15. The van der Waals surface area contributed by atoms with Gasteiger partial charge in [0.2, 0.25) is 5.82 Å². The van der Waals surface area contributed by atoms with Gasteiger partial charge in [0.25, 0.3) is 0 Å². The van der Waals surface area contributed by atoms with Gasteiger partial charge in [-0.3, -0.25) is 0 Å². The van der Waals surface area contributed by atoms with E-state index in [9.17, 15) is 18.5 Å². The van der Waals surface area contributed by atoms with Gasteiger partial charge in [0.1, 0.15) is 11.9 Å². The Labute approximate surface area is 135 Å². The molecular weight excluding hydrogens is 378 g/mol. The Morgan fingerprint density at radius 2 is 2.14 bits per heavy atom. The van der Waals surface area contributed by atoms with Crippen LogP contribution in [0.2, 0.25) is 0 Å². The molecule has 1 aromatic heterocycles. The largest absolute Gasteiger partial charge is 0.492 e. The smallest absolute Gasteiger partial charge is 0.358 e. The predicted octanol–water partition coefficient (Wildman–Crippen LogP) is 2.50. The summed E-state index contributed by atoms with van der Waals surface area (Å²) in [7, 11) is -4.22. The van der Waals surface area contributed by atoms with Crippen LogP contribution in [-0.4, -0.2) is 28.9 Å². The third kappa shape index (κ3) is 2.83. The zero-order valence-corrected chi connectivity index (χ0v) is 14.1. The Balaban J connectivity index is 2.74. The maximum absolute atomic E-state index is 12.8. The van der Waals surface area contributed by atoms with Gasteiger partial charge in [-0.15, -0.1) is 0 Å². The number of hydrogen-bond donors (Lipinski definition) is 0. The first kappa shape index (κ1) is 16.4. The number of nitrogens with zero attached hydrogens (tertiary/aromatic N) is 3. The molecule has 2 rings (SSSR count). The van der Waals surface area contributed by atoms with Crippen molar-refractivity contribution >= 4 is 31.8 Å². The van der Waals surface area contributed by atoms with E-state index in [4.69, 9.17) is 4.74 Å². The second kappa shape index (κ2) is 6.05. The molecule has 0 bridgehead atoms. The topological polar surface area (TPSA) is 104 Å². The molecule has 0 aliphatic rings. The van der Waals surface area contributed by atoms with E-state index in [-0.39, 0.29) is 23.1 Å². The van der Waals surface area contributed by atoms with Crippen molar-refractivity contribution in [1.29, 1.82) is 0 Å². The van der Waals surface area contributed by atoms with E-state index in [1.807, 2.05) is 0 Å². The molecule has 0 amide bonds. The van der Waals surface area contributed by atoms with Crippen molar-refractivity contribution in [2.45, 2.75) is 18.7 Å². The summed E-state index contributed by atoms with van der Waals surface area (Å²) in [5.74, 6) is -0.512. The van der Waals surface area contributed by atoms with Crippen LogP contribution in [0.5, 0.6) is 5.75 Å². The van der Waals surface area contributed by atoms with Crippen molar-refractivity contribution in [2.24, 2.45) is 0 Å². The molecule has 0 aliphatic carbocycles. The molecule has 0 radical (unpaired) electrons. The summed E-state index contributed by atoms with van der Waals surface area (Å²) in [4.78, 5) is 13.8. The quantitative estimate of drug-likeness (QED) is 0.574. The van der Waals surface area contributed by atoms with Gasteiger partial charge in [0.05, 0.1) is 6.61 Å². The molecular formula is C12H12BrN3O5S. The van der Waals surface area contributed by atoms with Crippen molar-refractivity contribution in [2.75, 3.05) is 6.61 Å². The fourth-order valence-electron chi connectivity index (χ4n) is 1.90. The lowest BCUT2D eigenvalue weighted by molar-refractivity contribution is -0.390. The lowest BCUT2D eigenvalue weighted by atomic mass is 10.3. The van der Waals surface area contributed by atoms with E-state index in [1.165, 1.54) is 19.1 Å². The molecule has 1 heterocycles. The van der Waals surface area contributed by atoms with E-state index in [1.54, 1.807) is 13.0 Å². The predicted molar refractivity (Wildman–Crippen MR) is 81.5 cm³/mol. The van der Waals surface area contributed by atoms with Crippen LogP contribution < -0.4 is 4.74 Å². The molecule has 0 unspecified atom stereocenters. The minimum Gasteiger partial charge on any atom is -0.492 e. The lowest BCUT2D eigenvalue weighted by Gasteiger charge is -2.10. The van der Waals surface area contributed by atoms with Crippen LogP contribution in [0.3, 0.4) is 0 Å². The number of ether oxygens (including phenoxy) is 1. The van der Waals surface area contributed by atoms with Crippen LogP contribution in [0.1, 0.15) is 12.7 Å².